The molecule has 1 aromatic heterocycles. The van der Waals surface area contributed by atoms with Gasteiger partial charge in [-0.3, -0.25) is 4.98 Å². The molecule has 0 aliphatic rings. The molecule has 0 atom stereocenters. The first-order chi connectivity index (χ1) is 9.61. The molecule has 2 rings (SSSR count). The second kappa shape index (κ2) is 6.48. The molecule has 0 fully saturated rings. The second-order valence-corrected chi connectivity index (χ2v) is 5.17. The van der Waals surface area contributed by atoms with E-state index in [-0.39, 0.29) is 0 Å². The lowest BCUT2D eigenvalue weighted by molar-refractivity contribution is 0.971. The van der Waals surface area contributed by atoms with Gasteiger partial charge in [-0.2, -0.15) is 0 Å². The van der Waals surface area contributed by atoms with Gasteiger partial charge in [-0.25, -0.2) is 0 Å². The van der Waals surface area contributed by atoms with Crippen molar-refractivity contribution in [2.75, 3.05) is 5.32 Å². The smallest absolute Gasteiger partial charge is 0.106 e. The van der Waals surface area contributed by atoms with Crippen molar-refractivity contribution in [3.63, 3.8) is 0 Å². The minimum absolute atomic E-state index is 0.407. The fraction of sp³-hybridized carbons (Fsp3) is 0.250. The summed E-state index contributed by atoms with van der Waals surface area (Å²) in [5.41, 5.74) is 11.1. The highest BCUT2D eigenvalue weighted by atomic mass is 32.1. The lowest BCUT2D eigenvalue weighted by Gasteiger charge is -2.13. The predicted molar refractivity (Wildman–Crippen MR) is 88.0 cm³/mol. The van der Waals surface area contributed by atoms with Gasteiger partial charge >= 0.3 is 0 Å². The molecule has 1 aromatic carbocycles. The van der Waals surface area contributed by atoms with Crippen LogP contribution in [0.15, 0.2) is 36.5 Å². The molecule has 0 bridgehead atoms. The number of hydrogen-bond acceptors (Lipinski definition) is 3. The number of thiocarbonyl (C=S) groups is 1. The van der Waals surface area contributed by atoms with Crippen LogP contribution in [0.1, 0.15) is 29.3 Å². The standard InChI is InChI=1S/C16H19N3S/c1-3-12-5-4-8-18-15(12)10-19-14-9-11(2)6-7-13(14)16(17)20/h4-9,19H,3,10H2,1-2H3,(H2,17,20). The summed E-state index contributed by atoms with van der Waals surface area (Å²) >= 11 is 5.09. The van der Waals surface area contributed by atoms with E-state index in [9.17, 15) is 0 Å². The Bertz CT molecular complexity index is 623. The van der Waals surface area contributed by atoms with Gasteiger partial charge in [0, 0.05) is 17.4 Å². The average Bonchev–Trinajstić information content (AvgIpc) is 2.45. The number of anilines is 1. The molecule has 3 nitrogen and oxygen atoms in total. The number of aromatic nitrogens is 1. The van der Waals surface area contributed by atoms with Crippen LogP contribution in [-0.2, 0) is 13.0 Å². The molecule has 0 spiro atoms. The molecule has 0 saturated carbocycles. The third-order valence-corrected chi connectivity index (χ3v) is 3.47. The summed E-state index contributed by atoms with van der Waals surface area (Å²) in [6.45, 7) is 4.85. The second-order valence-electron chi connectivity index (χ2n) is 4.73. The molecule has 0 saturated heterocycles. The Morgan fingerprint density at radius 3 is 2.85 bits per heavy atom. The number of nitrogens with zero attached hydrogens (tertiary/aromatic N) is 1. The van der Waals surface area contributed by atoms with Crippen molar-refractivity contribution < 1.29 is 0 Å². The first-order valence-electron chi connectivity index (χ1n) is 6.69. The Labute approximate surface area is 125 Å². The van der Waals surface area contributed by atoms with E-state index in [1.165, 1.54) is 11.1 Å². The van der Waals surface area contributed by atoms with Crippen molar-refractivity contribution in [1.29, 1.82) is 0 Å². The van der Waals surface area contributed by atoms with Gasteiger partial charge in [-0.05, 0) is 42.7 Å². The van der Waals surface area contributed by atoms with Crippen LogP contribution >= 0.6 is 12.2 Å². The molecular weight excluding hydrogens is 266 g/mol. The van der Waals surface area contributed by atoms with Crippen LogP contribution in [0.4, 0.5) is 5.69 Å². The summed E-state index contributed by atoms with van der Waals surface area (Å²) < 4.78 is 0. The van der Waals surface area contributed by atoms with Gasteiger partial charge < -0.3 is 11.1 Å². The molecule has 1 heterocycles. The van der Waals surface area contributed by atoms with Crippen LogP contribution < -0.4 is 11.1 Å². The molecule has 20 heavy (non-hydrogen) atoms. The molecule has 104 valence electrons. The van der Waals surface area contributed by atoms with E-state index >= 15 is 0 Å². The summed E-state index contributed by atoms with van der Waals surface area (Å²) in [5.74, 6) is 0. The van der Waals surface area contributed by atoms with Crippen LogP contribution in [-0.4, -0.2) is 9.97 Å². The van der Waals surface area contributed by atoms with Crippen LogP contribution in [0.25, 0.3) is 0 Å². The maximum absolute atomic E-state index is 5.77. The summed E-state index contributed by atoms with van der Waals surface area (Å²) in [6, 6.07) is 10.1. The molecule has 0 amide bonds. The fourth-order valence-corrected chi connectivity index (χ4v) is 2.33. The first-order valence-corrected chi connectivity index (χ1v) is 7.09. The molecule has 3 N–H and O–H groups in total. The van der Waals surface area contributed by atoms with E-state index in [1.807, 2.05) is 31.3 Å². The molecule has 4 heteroatoms. The van der Waals surface area contributed by atoms with Crippen molar-refractivity contribution in [1.82, 2.24) is 4.98 Å². The maximum atomic E-state index is 5.77. The zero-order chi connectivity index (χ0) is 14.5. The van der Waals surface area contributed by atoms with Crippen LogP contribution in [0, 0.1) is 6.92 Å². The Balaban J connectivity index is 2.22. The number of nitrogens with two attached hydrogens (primary N) is 1. The summed E-state index contributed by atoms with van der Waals surface area (Å²) in [7, 11) is 0. The third-order valence-electron chi connectivity index (χ3n) is 3.25. The number of pyridine rings is 1. The fourth-order valence-electron chi connectivity index (χ4n) is 2.15. The third kappa shape index (κ3) is 3.33. The van der Waals surface area contributed by atoms with Crippen molar-refractivity contribution >= 4 is 22.9 Å². The van der Waals surface area contributed by atoms with E-state index in [2.05, 4.69) is 29.4 Å². The number of hydrogen-bond donors (Lipinski definition) is 2. The monoisotopic (exact) mass is 285 g/mol. The van der Waals surface area contributed by atoms with Gasteiger partial charge in [0.25, 0.3) is 0 Å². The zero-order valence-electron chi connectivity index (χ0n) is 11.8. The summed E-state index contributed by atoms with van der Waals surface area (Å²) in [4.78, 5) is 4.84. The van der Waals surface area contributed by atoms with Gasteiger partial charge in [0.15, 0.2) is 0 Å². The SMILES string of the molecule is CCc1cccnc1CNc1cc(C)ccc1C(N)=S. The average molecular weight is 285 g/mol. The normalized spacial score (nSPS) is 10.3. The van der Waals surface area contributed by atoms with Crippen molar-refractivity contribution in [2.24, 2.45) is 5.73 Å². The Morgan fingerprint density at radius 1 is 1.35 bits per heavy atom. The van der Waals surface area contributed by atoms with E-state index in [0.29, 0.717) is 11.5 Å². The zero-order valence-corrected chi connectivity index (χ0v) is 12.6. The number of rotatable bonds is 5. The van der Waals surface area contributed by atoms with Crippen molar-refractivity contribution in [2.45, 2.75) is 26.8 Å². The number of aryl methyl sites for hydroxylation is 2. The molecule has 0 unspecified atom stereocenters. The maximum Gasteiger partial charge on any atom is 0.106 e. The van der Waals surface area contributed by atoms with Crippen LogP contribution in [0.2, 0.25) is 0 Å². The van der Waals surface area contributed by atoms with Gasteiger partial charge in [0.1, 0.15) is 4.99 Å². The van der Waals surface area contributed by atoms with E-state index in [1.54, 1.807) is 0 Å². The van der Waals surface area contributed by atoms with Crippen LogP contribution in [0.5, 0.6) is 0 Å². The highest BCUT2D eigenvalue weighted by Crippen LogP contribution is 2.19. The van der Waals surface area contributed by atoms with Gasteiger partial charge in [0.2, 0.25) is 0 Å². The highest BCUT2D eigenvalue weighted by Gasteiger charge is 2.07. The first kappa shape index (κ1) is 14.5. The Hall–Kier alpha value is -1.94. The van der Waals surface area contributed by atoms with Gasteiger partial charge in [0.05, 0.1) is 12.2 Å². The van der Waals surface area contributed by atoms with Gasteiger partial charge in [-0.15, -0.1) is 0 Å². The lowest BCUT2D eigenvalue weighted by atomic mass is 10.1. The minimum Gasteiger partial charge on any atom is -0.389 e. The quantitative estimate of drug-likeness (QED) is 0.828. The van der Waals surface area contributed by atoms with E-state index < -0.39 is 0 Å². The Kier molecular flexibility index (Phi) is 4.69. The van der Waals surface area contributed by atoms with Crippen molar-refractivity contribution in [3.8, 4) is 0 Å². The van der Waals surface area contributed by atoms with Crippen molar-refractivity contribution in [3.05, 3.63) is 58.9 Å². The largest absolute Gasteiger partial charge is 0.389 e. The van der Waals surface area contributed by atoms with Crippen LogP contribution in [0.3, 0.4) is 0 Å². The van der Waals surface area contributed by atoms with E-state index in [4.69, 9.17) is 18.0 Å². The molecule has 0 aliphatic heterocycles. The highest BCUT2D eigenvalue weighted by molar-refractivity contribution is 7.80. The molecule has 0 radical (unpaired) electrons. The summed E-state index contributed by atoms with van der Waals surface area (Å²) in [5, 5.41) is 3.40. The van der Waals surface area contributed by atoms with E-state index in [0.717, 1.165) is 23.4 Å². The predicted octanol–water partition coefficient (Wildman–Crippen LogP) is 3.20. The van der Waals surface area contributed by atoms with Gasteiger partial charge in [-0.1, -0.05) is 31.3 Å². The summed E-state index contributed by atoms with van der Waals surface area (Å²) in [6.07, 6.45) is 2.79. The molecular formula is C16H19N3S. The molecule has 2 aromatic rings. The molecule has 0 aliphatic carbocycles. The minimum atomic E-state index is 0.407. The number of nitrogens with one attached hydrogen (secondary N) is 1. The topological polar surface area (TPSA) is 50.9 Å². The Morgan fingerprint density at radius 2 is 2.15 bits per heavy atom. The number of benzene rings is 1. The lowest BCUT2D eigenvalue weighted by Crippen LogP contribution is -2.14.